The monoisotopic (exact) mass is 1190 g/mol. The number of nitrogens with zero attached hydrogens (tertiary/aromatic N) is 8. The molecule has 1 saturated heterocycles. The van der Waals surface area contributed by atoms with Gasteiger partial charge in [0.1, 0.15) is 14.9 Å². The van der Waals surface area contributed by atoms with E-state index in [2.05, 4.69) is 52.8 Å². The molecule has 2 unspecified atom stereocenters. The first kappa shape index (κ1) is 54.1. The van der Waals surface area contributed by atoms with Gasteiger partial charge in [-0.3, -0.25) is 33.7 Å². The number of sulfone groups is 1. The van der Waals surface area contributed by atoms with Crippen molar-refractivity contribution in [3.8, 4) is 11.4 Å². The van der Waals surface area contributed by atoms with E-state index < -0.39 is 33.5 Å². The number of benzene rings is 3. The summed E-state index contributed by atoms with van der Waals surface area (Å²) < 4.78 is 28.1. The van der Waals surface area contributed by atoms with E-state index >= 15 is 0 Å². The standard InChI is InChI=1S/C34H40N6O5S3.2C9H7N2.Ir/c1-48(44,45)23-25(34(43)39-16-4-2-10-30(42)35-19-21-46-47-31-11-3-5-15-36-31)22-29(41)28-9-7-20-40(28)27-14-18-38-33-26(27)13-12-24-8-6-17-37-32(24)33;2*1-2-5-9(6-3-1)11-8-4-7-10-11;/h3,5-6,8,11-15,17-18,25,28H,2,4,7,9-10,16,19-23H2,1H3,(H,35,42)(H,39,43);2*1-5,7-8H;/q;2*-1;. The van der Waals surface area contributed by atoms with E-state index in [-0.39, 0.29) is 44.8 Å². The van der Waals surface area contributed by atoms with Gasteiger partial charge in [0.25, 0.3) is 0 Å². The summed E-state index contributed by atoms with van der Waals surface area (Å²) in [6.07, 6.45) is 16.3. The van der Waals surface area contributed by atoms with Crippen LogP contribution in [-0.4, -0.2) is 104 Å². The molecular formula is C52H54IrN10O5S3-2. The largest absolute Gasteiger partial charge is 0.361 e. The number of para-hydroxylation sites is 2. The van der Waals surface area contributed by atoms with Gasteiger partial charge in [0.05, 0.1) is 28.7 Å². The van der Waals surface area contributed by atoms with E-state index in [1.807, 2.05) is 122 Å². The van der Waals surface area contributed by atoms with Crippen LogP contribution >= 0.6 is 21.6 Å². The molecule has 1 aliphatic heterocycles. The van der Waals surface area contributed by atoms with Crippen LogP contribution in [0.2, 0.25) is 0 Å². The van der Waals surface area contributed by atoms with Crippen LogP contribution in [0, 0.1) is 18.1 Å². The molecule has 0 spiro atoms. The van der Waals surface area contributed by atoms with Crippen LogP contribution in [0.5, 0.6) is 0 Å². The van der Waals surface area contributed by atoms with Crippen LogP contribution in [0.1, 0.15) is 38.5 Å². The first-order chi connectivity index (χ1) is 34.1. The van der Waals surface area contributed by atoms with Gasteiger partial charge >= 0.3 is 0 Å². The number of carbonyl (C=O) groups excluding carboxylic acids is 3. The number of hydrogen-bond donors (Lipinski definition) is 2. The molecule has 371 valence electrons. The average Bonchev–Trinajstić information content (AvgIpc) is 4.22. The number of anilines is 1. The maximum Gasteiger partial charge on any atom is 0.224 e. The number of hydrogen-bond acceptors (Lipinski definition) is 13. The molecule has 3 aromatic carbocycles. The van der Waals surface area contributed by atoms with Crippen molar-refractivity contribution in [2.45, 2.75) is 49.6 Å². The van der Waals surface area contributed by atoms with E-state index in [1.165, 1.54) is 0 Å². The number of carbonyl (C=O) groups is 3. The van der Waals surface area contributed by atoms with Crippen LogP contribution in [-0.2, 0) is 44.3 Å². The summed E-state index contributed by atoms with van der Waals surface area (Å²) in [4.78, 5) is 54.5. The third-order valence-corrected chi connectivity index (χ3v) is 14.3. The van der Waals surface area contributed by atoms with E-state index in [4.69, 9.17) is 0 Å². The van der Waals surface area contributed by atoms with Gasteiger partial charge in [0, 0.05) is 124 Å². The topological polar surface area (TPSA) is 187 Å². The van der Waals surface area contributed by atoms with Crippen LogP contribution in [0.4, 0.5) is 5.69 Å². The second-order valence-corrected chi connectivity index (χ2v) is 20.9. The molecular weight excluding hydrogens is 1130 g/mol. The summed E-state index contributed by atoms with van der Waals surface area (Å²) in [6, 6.07) is 40.4. The van der Waals surface area contributed by atoms with Crippen molar-refractivity contribution < 1.29 is 42.9 Å². The number of nitrogens with one attached hydrogen (secondary N) is 2. The SMILES string of the molecule is CS(=O)(=O)CC(CC(=O)C1CCCN1c1ccnc2c1ccc1cccnc12)C(=O)NCCCCC(=O)NCCSSc1ccccn1.[Ir].[c-]1ccccc1-n1cccn1.[c-]1ccccc1-n1cccn1. The van der Waals surface area contributed by atoms with E-state index in [1.54, 1.807) is 61.9 Å². The molecule has 2 amide bonds. The third kappa shape index (κ3) is 16.7. The van der Waals surface area contributed by atoms with Crippen LogP contribution in [0.15, 0.2) is 158 Å². The molecule has 0 bridgehead atoms. The Morgan fingerprint density at radius 1 is 0.746 bits per heavy atom. The second-order valence-electron chi connectivity index (χ2n) is 16.2. The molecule has 0 aliphatic carbocycles. The van der Waals surface area contributed by atoms with Crippen molar-refractivity contribution in [1.82, 2.24) is 45.1 Å². The van der Waals surface area contributed by atoms with Crippen LogP contribution < -0.4 is 15.5 Å². The zero-order valence-electron chi connectivity index (χ0n) is 39.0. The fourth-order valence-electron chi connectivity index (χ4n) is 7.81. The van der Waals surface area contributed by atoms with Gasteiger partial charge in [-0.15, -0.1) is 12.1 Å². The molecule has 15 nitrogen and oxygen atoms in total. The summed E-state index contributed by atoms with van der Waals surface area (Å²) in [7, 11) is -0.347. The number of pyridine rings is 3. The van der Waals surface area contributed by atoms with Crippen molar-refractivity contribution in [2.75, 3.05) is 42.3 Å². The fourth-order valence-corrected chi connectivity index (χ4v) is 10.6. The number of unbranched alkanes of at least 4 members (excludes halogenated alkanes) is 1. The van der Waals surface area contributed by atoms with Gasteiger partial charge in [-0.1, -0.05) is 29.0 Å². The molecule has 5 aromatic heterocycles. The maximum atomic E-state index is 13.7. The molecule has 9 rings (SSSR count). The third-order valence-electron chi connectivity index (χ3n) is 11.0. The van der Waals surface area contributed by atoms with Crippen molar-refractivity contribution in [2.24, 2.45) is 5.92 Å². The molecule has 0 saturated carbocycles. The van der Waals surface area contributed by atoms with Gasteiger partial charge in [-0.2, -0.15) is 58.7 Å². The smallest absolute Gasteiger partial charge is 0.224 e. The predicted molar refractivity (Wildman–Crippen MR) is 277 cm³/mol. The number of amides is 2. The number of Topliss-reactive ketones (excluding diaryl/α,β-unsaturated/α-hetero) is 1. The Labute approximate surface area is 435 Å². The first-order valence-electron chi connectivity index (χ1n) is 22.9. The quantitative estimate of drug-likeness (QED) is 0.0344. The fraction of sp³-hybridized carbons (Fsp3) is 0.269. The molecule has 2 atom stereocenters. The molecule has 6 heterocycles. The Kier molecular flexibility index (Phi) is 21.3. The molecule has 19 heteroatoms. The second kappa shape index (κ2) is 28.0. The Balaban J connectivity index is 0.000000289. The van der Waals surface area contributed by atoms with Crippen molar-refractivity contribution in [3.05, 3.63) is 165 Å². The zero-order valence-corrected chi connectivity index (χ0v) is 43.9. The Hall–Kier alpha value is -6.24. The minimum Gasteiger partial charge on any atom is -0.361 e. The van der Waals surface area contributed by atoms with Gasteiger partial charge in [-0.05, 0) is 90.3 Å². The number of fused-ring (bicyclic) bond motifs is 3. The van der Waals surface area contributed by atoms with E-state index in [9.17, 15) is 22.8 Å². The van der Waals surface area contributed by atoms with Crippen LogP contribution in [0.3, 0.4) is 0 Å². The Bertz CT molecular complexity index is 2920. The molecule has 2 N–H and O–H groups in total. The van der Waals surface area contributed by atoms with Crippen molar-refractivity contribution >= 4 is 76.5 Å². The summed E-state index contributed by atoms with van der Waals surface area (Å²) in [5.74, 6) is -1.34. The molecule has 71 heavy (non-hydrogen) atoms. The van der Waals surface area contributed by atoms with Crippen LogP contribution in [0.25, 0.3) is 33.2 Å². The Morgan fingerprint density at radius 3 is 2.10 bits per heavy atom. The van der Waals surface area contributed by atoms with Gasteiger partial charge in [-0.25, -0.2) is 13.4 Å². The van der Waals surface area contributed by atoms with Gasteiger partial charge < -0.3 is 15.5 Å². The normalized spacial score (nSPS) is 13.5. The van der Waals surface area contributed by atoms with Crippen molar-refractivity contribution in [3.63, 3.8) is 0 Å². The number of aromatic nitrogens is 7. The van der Waals surface area contributed by atoms with E-state index in [0.29, 0.717) is 38.8 Å². The first-order valence-corrected chi connectivity index (χ1v) is 27.3. The van der Waals surface area contributed by atoms with Gasteiger partial charge in [0.15, 0.2) is 5.78 Å². The summed E-state index contributed by atoms with van der Waals surface area (Å²) >= 11 is 0. The molecule has 1 fully saturated rings. The Morgan fingerprint density at radius 2 is 1.45 bits per heavy atom. The van der Waals surface area contributed by atoms with Crippen molar-refractivity contribution in [1.29, 1.82) is 0 Å². The summed E-state index contributed by atoms with van der Waals surface area (Å²) in [5, 5.41) is 16.6. The summed E-state index contributed by atoms with van der Waals surface area (Å²) in [5.41, 5.74) is 4.36. The molecule has 1 aliphatic rings. The number of rotatable bonds is 19. The maximum absolute atomic E-state index is 13.7. The minimum atomic E-state index is -3.53. The predicted octanol–water partition coefficient (Wildman–Crippen LogP) is 7.95. The molecule has 1 radical (unpaired) electrons. The number of ketones is 1. The molecule has 8 aromatic rings. The average molecular weight is 1190 g/mol. The zero-order chi connectivity index (χ0) is 49.0. The van der Waals surface area contributed by atoms with E-state index in [0.717, 1.165) is 62.3 Å². The van der Waals surface area contributed by atoms with Gasteiger partial charge in [0.2, 0.25) is 11.8 Å². The minimum absolute atomic E-state index is 0. The summed E-state index contributed by atoms with van der Waals surface area (Å²) in [6.45, 7) is 1.50.